The van der Waals surface area contributed by atoms with E-state index in [-0.39, 0.29) is 30.7 Å². The third-order valence-electron chi connectivity index (χ3n) is 8.28. The highest BCUT2D eigenvalue weighted by atomic mass is 16.4. The summed E-state index contributed by atoms with van der Waals surface area (Å²) in [5.41, 5.74) is 6.08. The molecule has 47 heavy (non-hydrogen) atoms. The molecule has 2 aliphatic rings. The lowest BCUT2D eigenvalue weighted by atomic mass is 10.0. The van der Waals surface area contributed by atoms with Crippen LogP contribution >= 0.6 is 0 Å². The molecule has 2 heterocycles. The number of carboxylic acid groups (broad SMARTS) is 1. The SMILES string of the molecule is CC(C)C[C@H](NC(=O)[C@@H](NC(=O)CNC(=O)[C@@H]1CCCN1C(=O)[C@H](C)NC(=O)[C@@H]1CCCN1C(=O)[C@@H](N)CC(C)C)[C@@H](C)O)C(=O)O. The maximum atomic E-state index is 13.3. The smallest absolute Gasteiger partial charge is 0.326 e. The summed E-state index contributed by atoms with van der Waals surface area (Å²) in [5.74, 6) is -4.66. The molecular weight excluding hydrogens is 614 g/mol. The predicted molar refractivity (Wildman–Crippen MR) is 170 cm³/mol. The molecule has 0 unspecified atom stereocenters. The number of aliphatic hydroxyl groups is 1. The number of aliphatic hydroxyl groups excluding tert-OH is 1. The zero-order valence-electron chi connectivity index (χ0n) is 28.3. The van der Waals surface area contributed by atoms with Crippen LogP contribution in [0.1, 0.15) is 80.1 Å². The van der Waals surface area contributed by atoms with E-state index in [9.17, 15) is 43.8 Å². The van der Waals surface area contributed by atoms with E-state index in [0.717, 1.165) is 0 Å². The summed E-state index contributed by atoms with van der Waals surface area (Å²) < 4.78 is 0. The second-order valence-electron chi connectivity index (χ2n) is 13.4. The van der Waals surface area contributed by atoms with Gasteiger partial charge < -0.3 is 47.0 Å². The first-order valence-corrected chi connectivity index (χ1v) is 16.4. The van der Waals surface area contributed by atoms with Gasteiger partial charge in [-0.15, -0.1) is 0 Å². The van der Waals surface area contributed by atoms with Crippen LogP contribution in [0, 0.1) is 11.8 Å². The second kappa shape index (κ2) is 17.9. The van der Waals surface area contributed by atoms with Crippen molar-refractivity contribution in [3.05, 3.63) is 0 Å². The second-order valence-corrected chi connectivity index (χ2v) is 13.4. The first-order chi connectivity index (χ1) is 21.9. The lowest BCUT2D eigenvalue weighted by molar-refractivity contribution is -0.143. The number of nitrogens with two attached hydrogens (primary N) is 1. The van der Waals surface area contributed by atoms with Crippen LogP contribution in [-0.4, -0.2) is 123 Å². The van der Waals surface area contributed by atoms with Gasteiger partial charge in [-0.3, -0.25) is 28.8 Å². The van der Waals surface area contributed by atoms with Crippen molar-refractivity contribution in [3.8, 4) is 0 Å². The predicted octanol–water partition coefficient (Wildman–Crippen LogP) is -1.56. The summed E-state index contributed by atoms with van der Waals surface area (Å²) >= 11 is 0. The average molecular weight is 668 g/mol. The highest BCUT2D eigenvalue weighted by Gasteiger charge is 2.40. The quantitative estimate of drug-likeness (QED) is 0.0999. The lowest BCUT2D eigenvalue weighted by Crippen LogP contribution is -2.58. The van der Waals surface area contributed by atoms with E-state index in [2.05, 4.69) is 21.3 Å². The number of hydrogen-bond donors (Lipinski definition) is 7. The highest BCUT2D eigenvalue weighted by Crippen LogP contribution is 2.21. The van der Waals surface area contributed by atoms with Gasteiger partial charge in [0, 0.05) is 13.1 Å². The van der Waals surface area contributed by atoms with Crippen LogP contribution < -0.4 is 27.0 Å². The zero-order valence-corrected chi connectivity index (χ0v) is 28.3. The van der Waals surface area contributed by atoms with Crippen LogP contribution in [0.3, 0.4) is 0 Å². The Morgan fingerprint density at radius 3 is 1.81 bits per heavy atom. The molecular formula is C31H53N7O9. The van der Waals surface area contributed by atoms with Gasteiger partial charge >= 0.3 is 5.97 Å². The monoisotopic (exact) mass is 667 g/mol. The van der Waals surface area contributed by atoms with E-state index in [1.165, 1.54) is 23.6 Å². The summed E-state index contributed by atoms with van der Waals surface area (Å²) in [6.45, 7) is 10.3. The van der Waals surface area contributed by atoms with E-state index in [4.69, 9.17) is 5.73 Å². The summed E-state index contributed by atoms with van der Waals surface area (Å²) in [6, 6.07) is -6.05. The minimum Gasteiger partial charge on any atom is -0.480 e. The topological polar surface area (TPSA) is 241 Å². The first-order valence-electron chi connectivity index (χ1n) is 16.4. The molecule has 7 atom stereocenters. The number of aliphatic carboxylic acids is 1. The number of nitrogens with zero attached hydrogens (tertiary/aromatic N) is 2. The van der Waals surface area contributed by atoms with E-state index in [1.807, 2.05) is 13.8 Å². The van der Waals surface area contributed by atoms with Crippen LogP contribution in [0.15, 0.2) is 0 Å². The number of hydrogen-bond acceptors (Lipinski definition) is 9. The number of carboxylic acids is 1. The van der Waals surface area contributed by atoms with Gasteiger partial charge in [0.05, 0.1) is 18.7 Å². The molecule has 0 aromatic carbocycles. The molecule has 0 spiro atoms. The summed E-state index contributed by atoms with van der Waals surface area (Å²) in [5, 5.41) is 29.3. The van der Waals surface area contributed by atoms with Crippen LogP contribution in [0.25, 0.3) is 0 Å². The van der Waals surface area contributed by atoms with Gasteiger partial charge in [0.2, 0.25) is 35.4 Å². The third kappa shape index (κ3) is 11.4. The van der Waals surface area contributed by atoms with Gasteiger partial charge in [-0.05, 0) is 64.2 Å². The molecule has 266 valence electrons. The Labute approximate surface area is 275 Å². The Balaban J connectivity index is 1.95. The molecule has 2 fully saturated rings. The van der Waals surface area contributed by atoms with Gasteiger partial charge in [-0.1, -0.05) is 27.7 Å². The molecule has 0 bridgehead atoms. The molecule has 0 radical (unpaired) electrons. The first kappa shape index (κ1) is 39.4. The van der Waals surface area contributed by atoms with Crippen molar-refractivity contribution < 1.29 is 43.8 Å². The Kier molecular flexibility index (Phi) is 15.0. The number of carbonyl (C=O) groups is 7. The third-order valence-corrected chi connectivity index (χ3v) is 8.28. The number of likely N-dealkylation sites (tertiary alicyclic amines) is 2. The van der Waals surface area contributed by atoms with Gasteiger partial charge in [-0.25, -0.2) is 4.79 Å². The van der Waals surface area contributed by atoms with Gasteiger partial charge in [0.15, 0.2) is 0 Å². The Morgan fingerprint density at radius 2 is 1.30 bits per heavy atom. The minimum absolute atomic E-state index is 0.0419. The van der Waals surface area contributed by atoms with Crippen LogP contribution in [0.5, 0.6) is 0 Å². The van der Waals surface area contributed by atoms with E-state index >= 15 is 0 Å². The van der Waals surface area contributed by atoms with Crippen LogP contribution in [0.2, 0.25) is 0 Å². The van der Waals surface area contributed by atoms with Crippen LogP contribution in [0.4, 0.5) is 0 Å². The van der Waals surface area contributed by atoms with Gasteiger partial charge in [0.25, 0.3) is 0 Å². The minimum atomic E-state index is -1.47. The van der Waals surface area contributed by atoms with Crippen molar-refractivity contribution in [1.82, 2.24) is 31.1 Å². The lowest BCUT2D eigenvalue weighted by Gasteiger charge is -2.30. The number of nitrogens with one attached hydrogen (secondary N) is 4. The fourth-order valence-corrected chi connectivity index (χ4v) is 5.92. The van der Waals surface area contributed by atoms with Crippen molar-refractivity contribution in [3.63, 3.8) is 0 Å². The molecule has 0 aliphatic carbocycles. The molecule has 16 heteroatoms. The normalized spacial score (nSPS) is 21.1. The van der Waals surface area contributed by atoms with E-state index < -0.39 is 84.4 Å². The molecule has 0 saturated carbocycles. The van der Waals surface area contributed by atoms with E-state index in [0.29, 0.717) is 38.6 Å². The van der Waals surface area contributed by atoms with Gasteiger partial charge in [-0.2, -0.15) is 0 Å². The molecule has 8 N–H and O–H groups in total. The molecule has 16 nitrogen and oxygen atoms in total. The number of rotatable bonds is 16. The maximum absolute atomic E-state index is 13.3. The number of amides is 6. The van der Waals surface area contributed by atoms with Crippen molar-refractivity contribution >= 4 is 41.4 Å². The van der Waals surface area contributed by atoms with Crippen molar-refractivity contribution in [1.29, 1.82) is 0 Å². The van der Waals surface area contributed by atoms with Crippen molar-refractivity contribution in [2.24, 2.45) is 17.6 Å². The molecule has 6 amide bonds. The molecule has 2 aliphatic heterocycles. The molecule has 0 aromatic rings. The highest BCUT2D eigenvalue weighted by molar-refractivity contribution is 5.96. The van der Waals surface area contributed by atoms with Gasteiger partial charge in [0.1, 0.15) is 30.2 Å². The molecule has 2 saturated heterocycles. The Hall–Kier alpha value is -3.79. The zero-order chi connectivity index (χ0) is 35.6. The number of carbonyl (C=O) groups excluding carboxylic acids is 6. The fraction of sp³-hybridized carbons (Fsp3) is 0.774. The average Bonchev–Trinajstić information content (AvgIpc) is 3.67. The van der Waals surface area contributed by atoms with Crippen molar-refractivity contribution in [2.75, 3.05) is 19.6 Å². The van der Waals surface area contributed by atoms with E-state index in [1.54, 1.807) is 13.8 Å². The summed E-state index contributed by atoms with van der Waals surface area (Å²) in [7, 11) is 0. The Bertz CT molecular complexity index is 1160. The van der Waals surface area contributed by atoms with Crippen molar-refractivity contribution in [2.45, 2.75) is 122 Å². The summed E-state index contributed by atoms with van der Waals surface area (Å²) in [6.07, 6.45) is 1.17. The molecule has 0 aromatic heterocycles. The van der Waals surface area contributed by atoms with Crippen LogP contribution in [-0.2, 0) is 33.6 Å². The maximum Gasteiger partial charge on any atom is 0.326 e. The standard InChI is InChI=1S/C31H53N7O9/c1-16(2)13-20(32)30(45)38-12-8-10-23(38)27(42)34-18(5)29(44)37-11-7-9-22(37)26(41)33-15-24(40)36-25(19(6)39)28(43)35-21(31(46)47)14-17(3)4/h16-23,25,39H,7-15,32H2,1-6H3,(H,33,41)(H,34,42)(H,35,43)(H,36,40)(H,46,47)/t18-,19+,20-,21-,22-,23-,25-/m0/s1. The molecule has 2 rings (SSSR count). The Morgan fingerprint density at radius 1 is 0.766 bits per heavy atom. The largest absolute Gasteiger partial charge is 0.480 e. The fourth-order valence-electron chi connectivity index (χ4n) is 5.92. The summed E-state index contributed by atoms with van der Waals surface area (Å²) in [4.78, 5) is 92.0.